The molecule has 2 rings (SSSR count). The van der Waals surface area contributed by atoms with Crippen molar-refractivity contribution >= 4 is 10.1 Å². The lowest BCUT2D eigenvalue weighted by molar-refractivity contribution is -0.230. The van der Waals surface area contributed by atoms with Gasteiger partial charge in [0, 0.05) is 14.2 Å². The fraction of sp³-hybridized carbons (Fsp3) is 1.00. The zero-order valence-corrected chi connectivity index (χ0v) is 13.6. The van der Waals surface area contributed by atoms with Gasteiger partial charge in [-0.1, -0.05) is 0 Å². The predicted molar refractivity (Wildman–Crippen MR) is 71.1 cm³/mol. The fourth-order valence-corrected chi connectivity index (χ4v) is 2.94. The SMILES string of the molecule is CO[C@@H]1[C@H]2OC(C)(C)O[C@H]2O[C@@H]1[C@@H](COS(C)(=O)=O)OC. The summed E-state index contributed by atoms with van der Waals surface area (Å²) in [5, 5.41) is 0. The highest BCUT2D eigenvalue weighted by Gasteiger charge is 2.57. The van der Waals surface area contributed by atoms with Crippen LogP contribution in [0.4, 0.5) is 0 Å². The van der Waals surface area contributed by atoms with Crippen LogP contribution in [0.25, 0.3) is 0 Å². The lowest BCUT2D eigenvalue weighted by Gasteiger charge is -2.29. The summed E-state index contributed by atoms with van der Waals surface area (Å²) in [5.41, 5.74) is 0. The van der Waals surface area contributed by atoms with Gasteiger partial charge in [-0.3, -0.25) is 4.18 Å². The zero-order valence-electron chi connectivity index (χ0n) is 12.8. The van der Waals surface area contributed by atoms with Gasteiger partial charge < -0.3 is 23.7 Å². The number of ether oxygens (including phenoxy) is 5. The van der Waals surface area contributed by atoms with E-state index < -0.39 is 46.6 Å². The highest BCUT2D eigenvalue weighted by atomic mass is 32.2. The summed E-state index contributed by atoms with van der Waals surface area (Å²) in [5.74, 6) is -0.747. The molecule has 0 saturated carbocycles. The van der Waals surface area contributed by atoms with Crippen molar-refractivity contribution in [1.29, 1.82) is 0 Å². The summed E-state index contributed by atoms with van der Waals surface area (Å²) in [6.07, 6.45) is -1.60. The first kappa shape index (κ1) is 17.1. The van der Waals surface area contributed by atoms with Gasteiger partial charge in [0.2, 0.25) is 0 Å². The summed E-state index contributed by atoms with van der Waals surface area (Å²) < 4.78 is 54.9. The molecule has 9 heteroatoms. The Hall–Kier alpha value is -0.290. The molecule has 2 aliphatic heterocycles. The van der Waals surface area contributed by atoms with E-state index in [0.29, 0.717) is 0 Å². The smallest absolute Gasteiger partial charge is 0.264 e. The third-order valence-corrected chi connectivity index (χ3v) is 3.98. The molecule has 2 heterocycles. The maximum absolute atomic E-state index is 11.1. The topological polar surface area (TPSA) is 89.5 Å². The largest absolute Gasteiger partial charge is 0.376 e. The van der Waals surface area contributed by atoms with Gasteiger partial charge in [0.25, 0.3) is 10.1 Å². The Kier molecular flexibility index (Phi) is 4.94. The summed E-state index contributed by atoms with van der Waals surface area (Å²) in [6.45, 7) is 3.41. The minimum atomic E-state index is -3.56. The minimum Gasteiger partial charge on any atom is -0.376 e. The number of rotatable bonds is 6. The van der Waals surface area contributed by atoms with Crippen molar-refractivity contribution in [2.45, 2.75) is 50.3 Å². The Morgan fingerprint density at radius 3 is 2.43 bits per heavy atom. The summed E-state index contributed by atoms with van der Waals surface area (Å²) in [6, 6.07) is 0. The molecule has 8 nitrogen and oxygen atoms in total. The summed E-state index contributed by atoms with van der Waals surface area (Å²) in [7, 11) is -0.579. The van der Waals surface area contributed by atoms with Crippen LogP contribution in [-0.4, -0.2) is 72.0 Å². The van der Waals surface area contributed by atoms with E-state index in [-0.39, 0.29) is 6.61 Å². The molecule has 0 unspecified atom stereocenters. The van der Waals surface area contributed by atoms with Gasteiger partial charge in [-0.15, -0.1) is 0 Å². The molecule has 21 heavy (non-hydrogen) atoms. The van der Waals surface area contributed by atoms with Gasteiger partial charge in [0.15, 0.2) is 12.1 Å². The van der Waals surface area contributed by atoms with Crippen molar-refractivity contribution in [2.24, 2.45) is 0 Å². The Morgan fingerprint density at radius 1 is 1.24 bits per heavy atom. The molecular weight excluding hydrogens is 304 g/mol. The van der Waals surface area contributed by atoms with E-state index in [1.807, 2.05) is 0 Å². The van der Waals surface area contributed by atoms with Crippen molar-refractivity contribution in [1.82, 2.24) is 0 Å². The van der Waals surface area contributed by atoms with Crippen LogP contribution in [0, 0.1) is 0 Å². The molecular formula is C12H22O8S. The first-order valence-corrected chi connectivity index (χ1v) is 8.39. The van der Waals surface area contributed by atoms with Crippen molar-refractivity contribution < 1.29 is 36.3 Å². The van der Waals surface area contributed by atoms with Crippen LogP contribution in [0.1, 0.15) is 13.8 Å². The van der Waals surface area contributed by atoms with Crippen LogP contribution in [0.5, 0.6) is 0 Å². The molecule has 0 aromatic carbocycles. The Balaban J connectivity index is 2.06. The van der Waals surface area contributed by atoms with Crippen LogP contribution in [-0.2, 0) is 38.0 Å². The van der Waals surface area contributed by atoms with Crippen LogP contribution in [0.2, 0.25) is 0 Å². The van der Waals surface area contributed by atoms with E-state index >= 15 is 0 Å². The molecule has 0 aliphatic carbocycles. The normalized spacial score (nSPS) is 36.6. The lowest BCUT2D eigenvalue weighted by Crippen LogP contribution is -2.45. The van der Waals surface area contributed by atoms with Gasteiger partial charge >= 0.3 is 0 Å². The average molecular weight is 326 g/mol. The van der Waals surface area contributed by atoms with Gasteiger partial charge in [0.05, 0.1) is 12.9 Å². The second kappa shape index (κ2) is 6.07. The Morgan fingerprint density at radius 2 is 1.90 bits per heavy atom. The maximum atomic E-state index is 11.1. The standard InChI is InChI=1S/C12H22O8S/c1-12(2)19-10-9(16-4)8(18-11(10)20-12)7(15-3)6-17-21(5,13)14/h7-11H,6H2,1-5H3/t7-,8-,9+,10-,11-/m1/s1. The van der Waals surface area contributed by atoms with E-state index in [1.165, 1.54) is 14.2 Å². The van der Waals surface area contributed by atoms with E-state index in [1.54, 1.807) is 13.8 Å². The zero-order chi connectivity index (χ0) is 15.8. The predicted octanol–water partition coefficient (Wildman–Crippen LogP) is -0.131. The molecule has 0 bridgehead atoms. The van der Waals surface area contributed by atoms with Crippen molar-refractivity contribution in [3.63, 3.8) is 0 Å². The monoisotopic (exact) mass is 326 g/mol. The van der Waals surface area contributed by atoms with Crippen LogP contribution < -0.4 is 0 Å². The molecule has 5 atom stereocenters. The third kappa shape index (κ3) is 3.92. The first-order valence-electron chi connectivity index (χ1n) is 6.58. The van der Waals surface area contributed by atoms with Crippen molar-refractivity contribution in [2.75, 3.05) is 27.1 Å². The molecule has 0 spiro atoms. The number of methoxy groups -OCH3 is 2. The van der Waals surface area contributed by atoms with Crippen LogP contribution in [0.15, 0.2) is 0 Å². The van der Waals surface area contributed by atoms with Gasteiger partial charge in [0.1, 0.15) is 24.4 Å². The fourth-order valence-electron chi connectivity index (χ4n) is 2.56. The quantitative estimate of drug-likeness (QED) is 0.624. The first-order chi connectivity index (χ1) is 9.67. The van der Waals surface area contributed by atoms with Crippen LogP contribution >= 0.6 is 0 Å². The van der Waals surface area contributed by atoms with Crippen LogP contribution in [0.3, 0.4) is 0 Å². The molecule has 0 radical (unpaired) electrons. The van der Waals surface area contributed by atoms with E-state index in [0.717, 1.165) is 6.26 Å². The molecule has 0 aromatic heterocycles. The van der Waals surface area contributed by atoms with E-state index in [9.17, 15) is 8.42 Å². The van der Waals surface area contributed by atoms with Gasteiger partial charge in [-0.2, -0.15) is 8.42 Å². The highest BCUT2D eigenvalue weighted by molar-refractivity contribution is 7.85. The second-order valence-electron chi connectivity index (χ2n) is 5.53. The van der Waals surface area contributed by atoms with Gasteiger partial charge in [-0.05, 0) is 13.8 Å². The number of fused-ring (bicyclic) bond motifs is 1. The molecule has 2 fully saturated rings. The molecule has 124 valence electrons. The lowest BCUT2D eigenvalue weighted by atomic mass is 10.1. The molecule has 2 aliphatic rings. The summed E-state index contributed by atoms with van der Waals surface area (Å²) in [4.78, 5) is 0. The third-order valence-electron chi connectivity index (χ3n) is 3.41. The van der Waals surface area contributed by atoms with E-state index in [2.05, 4.69) is 0 Å². The highest BCUT2D eigenvalue weighted by Crippen LogP contribution is 2.39. The maximum Gasteiger partial charge on any atom is 0.264 e. The number of hydrogen-bond donors (Lipinski definition) is 0. The van der Waals surface area contributed by atoms with Gasteiger partial charge in [-0.25, -0.2) is 0 Å². The Labute approximate surface area is 124 Å². The van der Waals surface area contributed by atoms with Crippen molar-refractivity contribution in [3.05, 3.63) is 0 Å². The summed E-state index contributed by atoms with van der Waals surface area (Å²) >= 11 is 0. The molecule has 0 N–H and O–H groups in total. The molecule has 2 saturated heterocycles. The minimum absolute atomic E-state index is 0.164. The van der Waals surface area contributed by atoms with E-state index in [4.69, 9.17) is 27.9 Å². The Bertz CT molecular complexity index is 462. The molecule has 0 aromatic rings. The average Bonchev–Trinajstić information content (AvgIpc) is 2.80. The number of hydrogen-bond acceptors (Lipinski definition) is 8. The molecule has 0 amide bonds. The second-order valence-corrected chi connectivity index (χ2v) is 7.18. The van der Waals surface area contributed by atoms with Crippen molar-refractivity contribution in [3.8, 4) is 0 Å².